The number of hydrogen-bond donors (Lipinski definition) is 2. The second-order valence-corrected chi connectivity index (χ2v) is 12.1. The molecule has 2 saturated heterocycles. The van der Waals surface area contributed by atoms with Gasteiger partial charge in [0.05, 0.1) is 62.0 Å². The van der Waals surface area contributed by atoms with Crippen LogP contribution < -0.4 is 29.6 Å². The van der Waals surface area contributed by atoms with Crippen molar-refractivity contribution < 1.29 is 38.0 Å². The number of hydrogen-bond acceptors (Lipinski definition) is 10. The molecule has 12 nitrogen and oxygen atoms in total. The van der Waals surface area contributed by atoms with E-state index in [0.717, 1.165) is 11.1 Å². The Labute approximate surface area is 275 Å². The molecule has 0 radical (unpaired) electrons. The average molecular weight is 649 g/mol. The first-order valence-corrected chi connectivity index (χ1v) is 16.2. The highest BCUT2D eigenvalue weighted by Crippen LogP contribution is 2.41. The molecule has 4 aliphatic rings. The first-order chi connectivity index (χ1) is 22.8. The Morgan fingerprint density at radius 1 is 0.702 bits per heavy atom. The number of nitrogens with zero attached hydrogens (tertiary/aromatic N) is 2. The molecule has 12 heteroatoms. The molecule has 4 heterocycles. The maximum Gasteiger partial charge on any atom is 0.256 e. The number of carbonyl (C=O) groups is 2. The smallest absolute Gasteiger partial charge is 0.256 e. The molecular weight excluding hydrogens is 604 g/mol. The summed E-state index contributed by atoms with van der Waals surface area (Å²) in [5.74, 6) is 1.73. The fourth-order valence-corrected chi connectivity index (χ4v) is 6.80. The van der Waals surface area contributed by atoms with Gasteiger partial charge in [0.2, 0.25) is 0 Å². The maximum absolute atomic E-state index is 13.6. The van der Waals surface area contributed by atoms with E-state index in [-0.39, 0.29) is 36.4 Å². The van der Waals surface area contributed by atoms with Crippen LogP contribution in [0.1, 0.15) is 53.8 Å². The second kappa shape index (κ2) is 13.7. The topological polar surface area (TPSA) is 120 Å². The predicted octanol–water partition coefficient (Wildman–Crippen LogP) is 4.67. The van der Waals surface area contributed by atoms with Crippen LogP contribution in [0.3, 0.4) is 0 Å². The van der Waals surface area contributed by atoms with Gasteiger partial charge in [-0.05, 0) is 38.8 Å². The summed E-state index contributed by atoms with van der Waals surface area (Å²) in [5.41, 5.74) is 4.27. The molecule has 2 unspecified atom stereocenters. The Kier molecular flexibility index (Phi) is 9.51. The van der Waals surface area contributed by atoms with E-state index < -0.39 is 0 Å². The van der Waals surface area contributed by atoms with Crippen LogP contribution >= 0.6 is 0 Å². The molecule has 252 valence electrons. The van der Waals surface area contributed by atoms with Gasteiger partial charge >= 0.3 is 0 Å². The lowest BCUT2D eigenvalue weighted by Gasteiger charge is -2.28. The van der Waals surface area contributed by atoms with Gasteiger partial charge in [0.15, 0.2) is 23.0 Å². The SMILES string of the molecule is C=C1C[C@H]2C(OCC)Nc3cc(OCCCOc4cc5c(cc4OC)C(=O)N4CC(=C)C[C@H]4C(OCC)N5)c(OC)cc3C(=O)N2C1. The van der Waals surface area contributed by atoms with Gasteiger partial charge in [-0.15, -0.1) is 0 Å². The number of fused-ring (bicyclic) bond motifs is 4. The summed E-state index contributed by atoms with van der Waals surface area (Å²) in [4.78, 5) is 30.7. The highest BCUT2D eigenvalue weighted by Gasteiger charge is 2.43. The van der Waals surface area contributed by atoms with E-state index in [1.54, 1.807) is 38.5 Å². The van der Waals surface area contributed by atoms with Crippen molar-refractivity contribution in [1.82, 2.24) is 9.80 Å². The number of carbonyl (C=O) groups excluding carboxylic acids is 2. The lowest BCUT2D eigenvalue weighted by molar-refractivity contribution is 0.0232. The van der Waals surface area contributed by atoms with Crippen LogP contribution in [0.15, 0.2) is 48.6 Å². The maximum atomic E-state index is 13.6. The summed E-state index contributed by atoms with van der Waals surface area (Å²) in [6.07, 6.45) is 1.15. The van der Waals surface area contributed by atoms with E-state index in [2.05, 4.69) is 23.8 Å². The molecule has 2 fully saturated rings. The molecule has 2 aromatic rings. The Morgan fingerprint density at radius 2 is 1.13 bits per heavy atom. The third-order valence-corrected chi connectivity index (χ3v) is 8.97. The van der Waals surface area contributed by atoms with Crippen molar-refractivity contribution in [3.8, 4) is 23.0 Å². The van der Waals surface area contributed by atoms with Crippen molar-refractivity contribution in [3.05, 3.63) is 59.7 Å². The summed E-state index contributed by atoms with van der Waals surface area (Å²) >= 11 is 0. The quantitative estimate of drug-likeness (QED) is 0.248. The molecule has 0 saturated carbocycles. The minimum Gasteiger partial charge on any atom is -0.493 e. The number of anilines is 2. The van der Waals surface area contributed by atoms with Crippen LogP contribution in [0, 0.1) is 0 Å². The van der Waals surface area contributed by atoms with Crippen molar-refractivity contribution in [3.63, 3.8) is 0 Å². The number of rotatable bonds is 12. The van der Waals surface area contributed by atoms with E-state index >= 15 is 0 Å². The largest absolute Gasteiger partial charge is 0.493 e. The van der Waals surface area contributed by atoms with Crippen LogP contribution in [0.4, 0.5) is 11.4 Å². The predicted molar refractivity (Wildman–Crippen MR) is 177 cm³/mol. The summed E-state index contributed by atoms with van der Waals surface area (Å²) < 4.78 is 35.5. The first-order valence-electron chi connectivity index (χ1n) is 16.2. The Balaban J connectivity index is 1.13. The minimum atomic E-state index is -0.375. The zero-order valence-corrected chi connectivity index (χ0v) is 27.6. The molecule has 0 bridgehead atoms. The van der Waals surface area contributed by atoms with Gasteiger partial charge in [0, 0.05) is 44.9 Å². The summed E-state index contributed by atoms with van der Waals surface area (Å²) in [5, 5.41) is 6.85. The number of amides is 2. The van der Waals surface area contributed by atoms with Crippen molar-refractivity contribution in [2.45, 2.75) is 57.6 Å². The van der Waals surface area contributed by atoms with Crippen LogP contribution in [0.25, 0.3) is 0 Å². The number of ether oxygens (including phenoxy) is 6. The third-order valence-electron chi connectivity index (χ3n) is 8.97. The Bertz CT molecular complexity index is 1450. The minimum absolute atomic E-state index is 0.0964. The standard InChI is InChI=1S/C35H44N4O8/c1-7-44-32-26-12-20(3)18-38(26)34(40)22-14-28(42-5)30(16-24(22)36-32)46-10-9-11-47-31-17-25-23(15-29(31)43-6)35(41)39-19-21(4)13-27(39)33(37-25)45-8-2/h14-17,26-27,32-33,36-37H,3-4,7-13,18-19H2,1-2,5-6H3/t26-,27-,32?,33?/m0/s1. The molecule has 0 spiro atoms. The fraction of sp³-hybridized carbons (Fsp3) is 0.486. The van der Waals surface area contributed by atoms with Gasteiger partial charge in [-0.2, -0.15) is 0 Å². The molecule has 0 aromatic heterocycles. The van der Waals surface area contributed by atoms with Crippen molar-refractivity contribution in [2.75, 3.05) is 64.4 Å². The van der Waals surface area contributed by atoms with E-state index in [9.17, 15) is 9.59 Å². The average Bonchev–Trinajstić information content (AvgIpc) is 3.60. The first kappa shape index (κ1) is 32.5. The zero-order chi connectivity index (χ0) is 33.2. The van der Waals surface area contributed by atoms with E-state index in [4.69, 9.17) is 28.4 Å². The van der Waals surface area contributed by atoms with E-state index in [0.29, 0.717) is 104 Å². The summed E-state index contributed by atoms with van der Waals surface area (Å²) in [6, 6.07) is 6.74. The molecule has 2 N–H and O–H groups in total. The fourth-order valence-electron chi connectivity index (χ4n) is 6.80. The van der Waals surface area contributed by atoms with Crippen LogP contribution in [-0.2, 0) is 9.47 Å². The van der Waals surface area contributed by atoms with Crippen LogP contribution in [0.5, 0.6) is 23.0 Å². The normalized spacial score (nSPS) is 23.1. The van der Waals surface area contributed by atoms with Gasteiger partial charge in [0.1, 0.15) is 12.5 Å². The molecule has 4 aliphatic heterocycles. The Hall–Kier alpha value is -4.42. The second-order valence-electron chi connectivity index (χ2n) is 12.1. The van der Waals surface area contributed by atoms with Crippen molar-refractivity contribution in [2.24, 2.45) is 0 Å². The van der Waals surface area contributed by atoms with Crippen LogP contribution in [0.2, 0.25) is 0 Å². The van der Waals surface area contributed by atoms with Gasteiger partial charge in [-0.1, -0.05) is 24.3 Å². The highest BCUT2D eigenvalue weighted by atomic mass is 16.5. The Morgan fingerprint density at radius 3 is 1.51 bits per heavy atom. The lowest BCUT2D eigenvalue weighted by Crippen LogP contribution is -2.44. The van der Waals surface area contributed by atoms with Crippen LogP contribution in [-0.4, -0.2) is 99.9 Å². The molecule has 2 aromatic carbocycles. The van der Waals surface area contributed by atoms with Gasteiger partial charge in [0.25, 0.3) is 11.8 Å². The molecule has 47 heavy (non-hydrogen) atoms. The monoisotopic (exact) mass is 648 g/mol. The lowest BCUT2D eigenvalue weighted by atomic mass is 10.1. The molecule has 6 rings (SSSR count). The molecular formula is C35H44N4O8. The van der Waals surface area contributed by atoms with Crippen molar-refractivity contribution in [1.29, 1.82) is 0 Å². The summed E-state index contributed by atoms with van der Waals surface area (Å²) in [6.45, 7) is 14.7. The number of methoxy groups -OCH3 is 2. The molecule has 4 atom stereocenters. The summed E-state index contributed by atoms with van der Waals surface area (Å²) in [7, 11) is 3.10. The van der Waals surface area contributed by atoms with Gasteiger partial charge in [-0.25, -0.2) is 0 Å². The van der Waals surface area contributed by atoms with Gasteiger partial charge in [-0.3, -0.25) is 9.59 Å². The van der Waals surface area contributed by atoms with Gasteiger partial charge < -0.3 is 48.9 Å². The number of benzene rings is 2. The highest BCUT2D eigenvalue weighted by molar-refractivity contribution is 6.02. The van der Waals surface area contributed by atoms with E-state index in [1.165, 1.54) is 0 Å². The number of nitrogens with one attached hydrogen (secondary N) is 2. The molecule has 0 aliphatic carbocycles. The zero-order valence-electron chi connectivity index (χ0n) is 27.6. The van der Waals surface area contributed by atoms with E-state index in [1.807, 2.05) is 23.6 Å². The van der Waals surface area contributed by atoms with Crippen molar-refractivity contribution >= 4 is 23.2 Å². The molecule has 2 amide bonds. The third kappa shape index (κ3) is 6.31.